The lowest BCUT2D eigenvalue weighted by atomic mass is 10.3. The number of aliphatic hydroxyl groups excluding tert-OH is 1. The molecule has 0 radical (unpaired) electrons. The maximum atomic E-state index is 11.3. The molecule has 0 aromatic heterocycles. The second-order valence-electron chi connectivity index (χ2n) is 3.86. The van der Waals surface area contributed by atoms with E-state index in [0.29, 0.717) is 19.7 Å². The van der Waals surface area contributed by atoms with E-state index in [-0.39, 0.29) is 12.3 Å². The quantitative estimate of drug-likeness (QED) is 0.812. The summed E-state index contributed by atoms with van der Waals surface area (Å²) in [7, 11) is 0. The second kappa shape index (κ2) is 4.99. The molecule has 16 heavy (non-hydrogen) atoms. The molecule has 0 saturated carbocycles. The van der Waals surface area contributed by atoms with Gasteiger partial charge in [0, 0.05) is 6.54 Å². The Balaban J connectivity index is 1.74. The normalized spacial score (nSPS) is 20.2. The average molecular weight is 221 g/mol. The fourth-order valence-electron chi connectivity index (χ4n) is 1.76. The van der Waals surface area contributed by atoms with Crippen LogP contribution in [0.4, 0.5) is 0 Å². The van der Waals surface area contributed by atoms with E-state index < -0.39 is 6.10 Å². The Hall–Kier alpha value is -1.55. The van der Waals surface area contributed by atoms with Crippen LogP contribution in [0.5, 0.6) is 5.75 Å². The predicted molar refractivity (Wildman–Crippen MR) is 59.1 cm³/mol. The van der Waals surface area contributed by atoms with Gasteiger partial charge in [0.25, 0.3) is 0 Å². The summed E-state index contributed by atoms with van der Waals surface area (Å²) in [5.41, 5.74) is 0. The highest BCUT2D eigenvalue weighted by Crippen LogP contribution is 2.11. The van der Waals surface area contributed by atoms with E-state index in [2.05, 4.69) is 0 Å². The Morgan fingerprint density at radius 1 is 1.38 bits per heavy atom. The van der Waals surface area contributed by atoms with Crippen molar-refractivity contribution in [1.29, 1.82) is 0 Å². The van der Waals surface area contributed by atoms with Crippen molar-refractivity contribution in [2.24, 2.45) is 0 Å². The maximum absolute atomic E-state index is 11.3. The van der Waals surface area contributed by atoms with Gasteiger partial charge in [-0.15, -0.1) is 0 Å². The first-order chi connectivity index (χ1) is 7.75. The van der Waals surface area contributed by atoms with Gasteiger partial charge in [0.15, 0.2) is 0 Å². The molecule has 1 atom stereocenters. The smallest absolute Gasteiger partial charge is 0.225 e. The number of likely N-dealkylation sites (tertiary alicyclic amines) is 1. The van der Waals surface area contributed by atoms with Crippen LogP contribution in [-0.2, 0) is 4.79 Å². The molecule has 1 aliphatic rings. The molecule has 1 N–H and O–H groups in total. The molecule has 2 rings (SSSR count). The van der Waals surface area contributed by atoms with Crippen molar-refractivity contribution in [2.45, 2.75) is 12.5 Å². The van der Waals surface area contributed by atoms with Gasteiger partial charge in [-0.2, -0.15) is 0 Å². The van der Waals surface area contributed by atoms with E-state index >= 15 is 0 Å². The topological polar surface area (TPSA) is 49.8 Å². The Morgan fingerprint density at radius 2 is 2.12 bits per heavy atom. The van der Waals surface area contributed by atoms with Crippen molar-refractivity contribution >= 4 is 5.91 Å². The molecule has 1 aliphatic heterocycles. The van der Waals surface area contributed by atoms with Crippen LogP contribution in [0, 0.1) is 0 Å². The van der Waals surface area contributed by atoms with Crippen molar-refractivity contribution in [3.63, 3.8) is 0 Å². The maximum Gasteiger partial charge on any atom is 0.225 e. The summed E-state index contributed by atoms with van der Waals surface area (Å²) in [6, 6.07) is 9.48. The number of carbonyl (C=O) groups is 1. The first-order valence-electron chi connectivity index (χ1n) is 5.39. The molecule has 0 bridgehead atoms. The van der Waals surface area contributed by atoms with Crippen LogP contribution in [0.3, 0.4) is 0 Å². The summed E-state index contributed by atoms with van der Waals surface area (Å²) in [6.45, 7) is 1.42. The number of nitrogens with zero attached hydrogens (tertiary/aromatic N) is 1. The highest BCUT2D eigenvalue weighted by atomic mass is 16.5. The lowest BCUT2D eigenvalue weighted by Gasteiger charge is -2.15. The van der Waals surface area contributed by atoms with Crippen molar-refractivity contribution in [3.8, 4) is 5.75 Å². The van der Waals surface area contributed by atoms with Crippen molar-refractivity contribution in [3.05, 3.63) is 30.3 Å². The molecule has 0 aliphatic carbocycles. The predicted octanol–water partition coefficient (Wildman–Crippen LogP) is 0.659. The Labute approximate surface area is 94.4 Å². The van der Waals surface area contributed by atoms with Crippen LogP contribution in [0.1, 0.15) is 6.42 Å². The van der Waals surface area contributed by atoms with Crippen LogP contribution in [0.2, 0.25) is 0 Å². The molecule has 4 heteroatoms. The molecule has 0 spiro atoms. The fraction of sp³-hybridized carbons (Fsp3) is 0.417. The van der Waals surface area contributed by atoms with Gasteiger partial charge < -0.3 is 14.7 Å². The fourth-order valence-corrected chi connectivity index (χ4v) is 1.76. The zero-order valence-electron chi connectivity index (χ0n) is 9.00. The highest BCUT2D eigenvalue weighted by Gasteiger charge is 2.27. The van der Waals surface area contributed by atoms with E-state index in [1.54, 1.807) is 4.90 Å². The molecular formula is C12H15NO3. The Bertz CT molecular complexity index is 353. The van der Waals surface area contributed by atoms with Gasteiger partial charge in [-0.1, -0.05) is 18.2 Å². The number of para-hydroxylation sites is 1. The van der Waals surface area contributed by atoms with Gasteiger partial charge >= 0.3 is 0 Å². The van der Waals surface area contributed by atoms with Crippen molar-refractivity contribution in [1.82, 2.24) is 4.90 Å². The number of benzene rings is 1. The molecule has 1 amide bonds. The molecule has 1 fully saturated rings. The first kappa shape index (κ1) is 11.0. The molecular weight excluding hydrogens is 206 g/mol. The minimum absolute atomic E-state index is 0.00385. The van der Waals surface area contributed by atoms with E-state index in [1.807, 2.05) is 30.3 Å². The van der Waals surface area contributed by atoms with E-state index in [4.69, 9.17) is 4.74 Å². The monoisotopic (exact) mass is 221 g/mol. The van der Waals surface area contributed by atoms with Gasteiger partial charge in [-0.25, -0.2) is 0 Å². The Kier molecular flexibility index (Phi) is 3.41. The third-order valence-electron chi connectivity index (χ3n) is 2.57. The van der Waals surface area contributed by atoms with Crippen LogP contribution in [0.15, 0.2) is 30.3 Å². The summed E-state index contributed by atoms with van der Waals surface area (Å²) in [5.74, 6) is 0.804. The summed E-state index contributed by atoms with van der Waals surface area (Å²) < 4.78 is 5.48. The number of amides is 1. The second-order valence-corrected chi connectivity index (χ2v) is 3.86. The lowest BCUT2D eigenvalue weighted by Crippen LogP contribution is -2.30. The zero-order chi connectivity index (χ0) is 11.4. The SMILES string of the molecule is O=C1CC(O)CN1CCOc1ccccc1. The van der Waals surface area contributed by atoms with Gasteiger partial charge in [-0.3, -0.25) is 4.79 Å². The summed E-state index contributed by atoms with van der Waals surface area (Å²) >= 11 is 0. The van der Waals surface area contributed by atoms with Crippen molar-refractivity contribution in [2.75, 3.05) is 19.7 Å². The highest BCUT2D eigenvalue weighted by molar-refractivity contribution is 5.78. The van der Waals surface area contributed by atoms with Gasteiger partial charge in [0.2, 0.25) is 5.91 Å². The molecule has 4 nitrogen and oxygen atoms in total. The summed E-state index contributed by atoms with van der Waals surface area (Å²) in [6.07, 6.45) is -0.269. The molecule has 1 saturated heterocycles. The van der Waals surface area contributed by atoms with Gasteiger partial charge in [0.05, 0.1) is 19.1 Å². The number of hydrogen-bond donors (Lipinski definition) is 1. The third kappa shape index (κ3) is 2.73. The van der Waals surface area contributed by atoms with Crippen LogP contribution >= 0.6 is 0 Å². The van der Waals surface area contributed by atoms with Crippen LogP contribution < -0.4 is 4.74 Å². The van der Waals surface area contributed by atoms with E-state index in [0.717, 1.165) is 5.75 Å². The zero-order valence-corrected chi connectivity index (χ0v) is 9.00. The van der Waals surface area contributed by atoms with Gasteiger partial charge in [-0.05, 0) is 12.1 Å². The van der Waals surface area contributed by atoms with Gasteiger partial charge in [0.1, 0.15) is 12.4 Å². The number of carbonyl (C=O) groups excluding carboxylic acids is 1. The minimum atomic E-state index is -0.510. The lowest BCUT2D eigenvalue weighted by molar-refractivity contribution is -0.128. The number of rotatable bonds is 4. The largest absolute Gasteiger partial charge is 0.492 e. The number of ether oxygens (including phenoxy) is 1. The minimum Gasteiger partial charge on any atom is -0.492 e. The number of hydrogen-bond acceptors (Lipinski definition) is 3. The number of aliphatic hydroxyl groups is 1. The van der Waals surface area contributed by atoms with E-state index in [1.165, 1.54) is 0 Å². The Morgan fingerprint density at radius 3 is 2.75 bits per heavy atom. The molecule has 1 aromatic rings. The van der Waals surface area contributed by atoms with Crippen LogP contribution in [-0.4, -0.2) is 41.7 Å². The molecule has 1 aromatic carbocycles. The summed E-state index contributed by atoms with van der Waals surface area (Å²) in [5, 5.41) is 9.28. The molecule has 86 valence electrons. The van der Waals surface area contributed by atoms with Crippen LogP contribution in [0.25, 0.3) is 0 Å². The van der Waals surface area contributed by atoms with E-state index in [9.17, 15) is 9.90 Å². The van der Waals surface area contributed by atoms with Crippen molar-refractivity contribution < 1.29 is 14.6 Å². The molecule has 1 unspecified atom stereocenters. The number of β-amino-alcohol motifs (C(OH)–C–C–N with tert-alkyl or cyclic N) is 1. The third-order valence-corrected chi connectivity index (χ3v) is 2.57. The summed E-state index contributed by atoms with van der Waals surface area (Å²) in [4.78, 5) is 13.0. The first-order valence-corrected chi connectivity index (χ1v) is 5.39. The standard InChI is InChI=1S/C12H15NO3/c14-10-8-12(15)13(9-10)6-7-16-11-4-2-1-3-5-11/h1-5,10,14H,6-9H2. The molecule has 1 heterocycles. The average Bonchev–Trinajstić information content (AvgIpc) is 2.59.